The third-order valence-electron chi connectivity index (χ3n) is 3.97. The van der Waals surface area contributed by atoms with Crippen LogP contribution in [0.5, 0.6) is 0 Å². The maximum absolute atomic E-state index is 5.64. The van der Waals surface area contributed by atoms with Crippen LogP contribution < -0.4 is 4.90 Å². The molecule has 2 aromatic rings. The Morgan fingerprint density at radius 3 is 2.24 bits per heavy atom. The van der Waals surface area contributed by atoms with Crippen LogP contribution >= 0.6 is 11.3 Å². The first-order valence-corrected chi connectivity index (χ1v) is 9.87. The third-order valence-corrected chi connectivity index (χ3v) is 4.79. The molecule has 4 nitrogen and oxygen atoms in total. The molecule has 29 heavy (non-hydrogen) atoms. The van der Waals surface area contributed by atoms with Gasteiger partial charge >= 0.3 is 0 Å². The highest BCUT2D eigenvalue weighted by Gasteiger charge is 2.20. The molecule has 2 rings (SSSR count). The molecule has 0 amide bonds. The normalized spacial score (nSPS) is 10.0. The lowest BCUT2D eigenvalue weighted by Crippen LogP contribution is -2.21. The van der Waals surface area contributed by atoms with Crippen molar-refractivity contribution >= 4 is 16.5 Å². The number of rotatable bonds is 11. The molecule has 1 aromatic carbocycles. The highest BCUT2D eigenvalue weighted by atomic mass is 32.1. The molecule has 5 heteroatoms. The van der Waals surface area contributed by atoms with Crippen LogP contribution in [0.15, 0.2) is 109 Å². The lowest BCUT2D eigenvalue weighted by molar-refractivity contribution is 0.196. The lowest BCUT2D eigenvalue weighted by Gasteiger charge is -2.26. The predicted molar refractivity (Wildman–Crippen MR) is 123 cm³/mol. The van der Waals surface area contributed by atoms with Crippen LogP contribution in [-0.2, 0) is 9.47 Å². The second kappa shape index (κ2) is 9.75. The summed E-state index contributed by atoms with van der Waals surface area (Å²) in [5.41, 5.74) is 3.72. The summed E-state index contributed by atoms with van der Waals surface area (Å²) in [6.07, 6.45) is 0. The van der Waals surface area contributed by atoms with E-state index in [9.17, 15) is 0 Å². The number of ether oxygens (including phenoxy) is 2. The van der Waals surface area contributed by atoms with E-state index in [2.05, 4.69) is 39.5 Å². The zero-order valence-corrected chi connectivity index (χ0v) is 17.8. The van der Waals surface area contributed by atoms with Crippen LogP contribution in [0.25, 0.3) is 11.3 Å². The van der Waals surface area contributed by atoms with Gasteiger partial charge in [-0.05, 0) is 13.8 Å². The van der Waals surface area contributed by atoms with Crippen molar-refractivity contribution in [3.63, 3.8) is 0 Å². The van der Waals surface area contributed by atoms with E-state index in [0.717, 1.165) is 22.1 Å². The van der Waals surface area contributed by atoms with Crippen LogP contribution in [0.4, 0.5) is 5.13 Å². The summed E-state index contributed by atoms with van der Waals surface area (Å²) in [5.74, 6) is 0.913. The second-order valence-electron chi connectivity index (χ2n) is 6.18. The van der Waals surface area contributed by atoms with E-state index >= 15 is 0 Å². The number of allylic oxidation sites excluding steroid dienone is 1. The molecule has 0 N–H and O–H groups in total. The molecular weight excluding hydrogens is 380 g/mol. The van der Waals surface area contributed by atoms with Crippen LogP contribution in [0.1, 0.15) is 13.8 Å². The number of thiazole rings is 1. The summed E-state index contributed by atoms with van der Waals surface area (Å²) in [6, 6.07) is 9.98. The third kappa shape index (κ3) is 5.36. The van der Waals surface area contributed by atoms with Crippen molar-refractivity contribution in [3.8, 4) is 11.3 Å². The topological polar surface area (TPSA) is 34.6 Å². The summed E-state index contributed by atoms with van der Waals surface area (Å²) in [4.78, 5) is 6.57. The molecule has 0 atom stereocenters. The van der Waals surface area contributed by atoms with Crippen LogP contribution in [-0.4, -0.2) is 11.6 Å². The van der Waals surface area contributed by atoms with Gasteiger partial charge < -0.3 is 9.47 Å². The van der Waals surface area contributed by atoms with Crippen molar-refractivity contribution in [2.45, 2.75) is 13.8 Å². The second-order valence-corrected chi connectivity index (χ2v) is 7.02. The molecule has 0 aliphatic carbocycles. The quantitative estimate of drug-likeness (QED) is 0.303. The molecule has 0 saturated heterocycles. The van der Waals surface area contributed by atoms with Crippen molar-refractivity contribution in [3.05, 3.63) is 109 Å². The average Bonchev–Trinajstić information content (AvgIpc) is 3.17. The standard InChI is InChI=1S/C24H26N2O2S/c1-9-27-20(7)21(8)28-19(6)17(4)18(5)26(16(2)3)24-25-23(15-29-24)22-13-11-10-12-14-22/h10-15H,2,4-9H2,1,3H3. The molecule has 0 unspecified atom stereocenters. The summed E-state index contributed by atoms with van der Waals surface area (Å²) in [7, 11) is 0. The van der Waals surface area contributed by atoms with Gasteiger partial charge in [-0.15, -0.1) is 11.3 Å². The zero-order valence-electron chi connectivity index (χ0n) is 17.0. The Morgan fingerprint density at radius 1 is 1.00 bits per heavy atom. The van der Waals surface area contributed by atoms with Gasteiger partial charge in [0.25, 0.3) is 0 Å². The van der Waals surface area contributed by atoms with Crippen molar-refractivity contribution < 1.29 is 9.47 Å². The summed E-state index contributed by atoms with van der Waals surface area (Å²) in [5, 5.41) is 2.73. The molecule has 0 aliphatic heterocycles. The lowest BCUT2D eigenvalue weighted by atomic mass is 10.1. The molecule has 150 valence electrons. The number of nitrogens with zero attached hydrogens (tertiary/aromatic N) is 2. The fourth-order valence-corrected chi connectivity index (χ4v) is 3.36. The van der Waals surface area contributed by atoms with Crippen molar-refractivity contribution in [2.75, 3.05) is 11.5 Å². The molecule has 0 aliphatic rings. The Morgan fingerprint density at radius 2 is 1.66 bits per heavy atom. The molecule has 0 fully saturated rings. The fourth-order valence-electron chi connectivity index (χ4n) is 2.44. The maximum atomic E-state index is 5.64. The Labute approximate surface area is 177 Å². The number of hydrogen-bond acceptors (Lipinski definition) is 5. The minimum atomic E-state index is 0.272. The first-order valence-electron chi connectivity index (χ1n) is 8.99. The molecule has 0 radical (unpaired) electrons. The maximum Gasteiger partial charge on any atom is 0.194 e. The van der Waals surface area contributed by atoms with E-state index in [1.807, 2.05) is 54.5 Å². The van der Waals surface area contributed by atoms with Gasteiger partial charge in [-0.1, -0.05) is 69.8 Å². The number of hydrogen-bond donors (Lipinski definition) is 0. The summed E-state index contributed by atoms with van der Waals surface area (Å²) in [6.45, 7) is 28.0. The van der Waals surface area contributed by atoms with Crippen LogP contribution in [0.3, 0.4) is 0 Å². The largest absolute Gasteiger partial charge is 0.491 e. The molecule has 1 heterocycles. The van der Waals surface area contributed by atoms with E-state index < -0.39 is 0 Å². The first-order chi connectivity index (χ1) is 13.8. The Hall–Kier alpha value is -3.31. The minimum Gasteiger partial charge on any atom is -0.491 e. The average molecular weight is 407 g/mol. The molecule has 0 bridgehead atoms. The van der Waals surface area contributed by atoms with E-state index in [1.54, 1.807) is 0 Å². The Bertz CT molecular complexity index is 970. The van der Waals surface area contributed by atoms with Crippen LogP contribution in [0.2, 0.25) is 0 Å². The van der Waals surface area contributed by atoms with Crippen molar-refractivity contribution in [2.24, 2.45) is 0 Å². The molecule has 1 aromatic heterocycles. The van der Waals surface area contributed by atoms with Gasteiger partial charge in [0.2, 0.25) is 0 Å². The highest BCUT2D eigenvalue weighted by Crippen LogP contribution is 2.34. The predicted octanol–water partition coefficient (Wildman–Crippen LogP) is 6.81. The zero-order chi connectivity index (χ0) is 21.6. The van der Waals surface area contributed by atoms with Crippen LogP contribution in [0, 0.1) is 0 Å². The smallest absolute Gasteiger partial charge is 0.194 e. The summed E-state index contributed by atoms with van der Waals surface area (Å²) >= 11 is 1.49. The van der Waals surface area contributed by atoms with Gasteiger partial charge in [-0.2, -0.15) is 0 Å². The molecule has 0 saturated carbocycles. The van der Waals surface area contributed by atoms with Gasteiger partial charge in [0.1, 0.15) is 5.76 Å². The Kier molecular flexibility index (Phi) is 7.39. The van der Waals surface area contributed by atoms with Crippen molar-refractivity contribution in [1.29, 1.82) is 0 Å². The highest BCUT2D eigenvalue weighted by molar-refractivity contribution is 7.14. The van der Waals surface area contributed by atoms with Gasteiger partial charge in [0, 0.05) is 22.2 Å². The minimum absolute atomic E-state index is 0.272. The number of benzene rings is 1. The molecular formula is C24H26N2O2S. The fraction of sp³-hybridized carbons (Fsp3) is 0.125. The SMILES string of the molecule is C=C(OCC)C(=C)OC(=C)C(=C)C(=C)N(C(=C)C)c1nc(-c2ccccc2)cs1. The van der Waals surface area contributed by atoms with E-state index in [1.165, 1.54) is 11.3 Å². The van der Waals surface area contributed by atoms with Gasteiger partial charge in [-0.3, -0.25) is 4.90 Å². The number of anilines is 1. The Balaban J connectivity index is 2.19. The first kappa shape index (κ1) is 22.0. The monoisotopic (exact) mass is 406 g/mol. The van der Waals surface area contributed by atoms with Crippen molar-refractivity contribution in [1.82, 2.24) is 4.98 Å². The summed E-state index contributed by atoms with van der Waals surface area (Å²) < 4.78 is 10.9. The number of aromatic nitrogens is 1. The van der Waals surface area contributed by atoms with Gasteiger partial charge in [0.15, 0.2) is 16.6 Å². The van der Waals surface area contributed by atoms with E-state index in [4.69, 9.17) is 14.5 Å². The van der Waals surface area contributed by atoms with Gasteiger partial charge in [0.05, 0.1) is 18.0 Å². The van der Waals surface area contributed by atoms with E-state index in [-0.39, 0.29) is 5.76 Å². The van der Waals surface area contributed by atoms with E-state index in [0.29, 0.717) is 29.4 Å². The molecule has 0 spiro atoms. The van der Waals surface area contributed by atoms with Gasteiger partial charge in [-0.25, -0.2) is 4.98 Å².